The van der Waals surface area contributed by atoms with Crippen molar-refractivity contribution in [2.75, 3.05) is 11.8 Å². The van der Waals surface area contributed by atoms with Crippen LogP contribution in [-0.2, 0) is 21.2 Å². The van der Waals surface area contributed by atoms with E-state index in [1.807, 2.05) is 12.1 Å². The van der Waals surface area contributed by atoms with Crippen LogP contribution < -0.4 is 10.0 Å². The van der Waals surface area contributed by atoms with Crippen LogP contribution in [0.5, 0.6) is 0 Å². The van der Waals surface area contributed by atoms with E-state index in [-0.39, 0.29) is 22.9 Å². The fraction of sp³-hybridized carbons (Fsp3) is 0.318. The quantitative estimate of drug-likeness (QED) is 0.691. The van der Waals surface area contributed by atoms with Crippen LogP contribution >= 0.6 is 0 Å². The van der Waals surface area contributed by atoms with E-state index in [1.54, 1.807) is 54.5 Å². The Hall–Kier alpha value is -3.20. The predicted octanol–water partition coefficient (Wildman–Crippen LogP) is 2.40. The summed E-state index contributed by atoms with van der Waals surface area (Å²) in [5, 5.41) is 9.08. The van der Waals surface area contributed by atoms with Gasteiger partial charge in [-0.1, -0.05) is 43.7 Å². The van der Waals surface area contributed by atoms with Gasteiger partial charge in [0.25, 0.3) is 15.9 Å². The zero-order valence-electron chi connectivity index (χ0n) is 17.4. The highest BCUT2D eigenvalue weighted by Crippen LogP contribution is 2.24. The molecule has 2 heterocycles. The van der Waals surface area contributed by atoms with E-state index >= 15 is 0 Å². The second kappa shape index (κ2) is 8.50. The Morgan fingerprint density at radius 2 is 1.81 bits per heavy atom. The third-order valence-electron chi connectivity index (χ3n) is 5.30. The molecule has 2 aliphatic rings. The third-order valence-corrected chi connectivity index (χ3v) is 6.69. The van der Waals surface area contributed by atoms with Gasteiger partial charge in [0.2, 0.25) is 0 Å². The summed E-state index contributed by atoms with van der Waals surface area (Å²) in [6, 6.07) is 14.6. The smallest absolute Gasteiger partial charge is 0.261 e. The fourth-order valence-electron chi connectivity index (χ4n) is 3.83. The summed E-state index contributed by atoms with van der Waals surface area (Å²) < 4.78 is 27.5. The van der Waals surface area contributed by atoms with Gasteiger partial charge >= 0.3 is 0 Å². The number of nitrogens with zero attached hydrogens (tertiary/aromatic N) is 3. The molecule has 2 atom stereocenters. The average Bonchev–Trinajstić information content (AvgIpc) is 3.06. The number of likely N-dealkylation sites (N-methyl/N-ethyl adjacent to an activating group) is 1. The number of carbonyl (C=O) groups is 1. The Kier molecular flexibility index (Phi) is 5.77. The molecule has 0 saturated heterocycles. The molecule has 31 heavy (non-hydrogen) atoms. The number of amidine groups is 1. The minimum Gasteiger partial charge on any atom is -0.312 e. The van der Waals surface area contributed by atoms with Crippen LogP contribution in [0, 0.1) is 0 Å². The number of nitrogens with one attached hydrogen (secondary N) is 2. The first-order chi connectivity index (χ1) is 14.9. The molecule has 0 saturated carbocycles. The summed E-state index contributed by atoms with van der Waals surface area (Å²) in [5.41, 5.74) is 2.32. The second-order valence-electron chi connectivity index (χ2n) is 7.66. The number of anilines is 1. The van der Waals surface area contributed by atoms with E-state index < -0.39 is 10.0 Å². The number of hydrazone groups is 1. The highest BCUT2D eigenvalue weighted by molar-refractivity contribution is 7.92. The van der Waals surface area contributed by atoms with Crippen LogP contribution in [0.2, 0.25) is 0 Å². The Morgan fingerprint density at radius 3 is 2.48 bits per heavy atom. The van der Waals surface area contributed by atoms with Gasteiger partial charge in [0.15, 0.2) is 6.04 Å². The molecule has 2 N–H and O–H groups in total. The van der Waals surface area contributed by atoms with Gasteiger partial charge in [-0.2, -0.15) is 5.10 Å². The van der Waals surface area contributed by atoms with Crippen molar-refractivity contribution >= 4 is 33.2 Å². The minimum atomic E-state index is -3.64. The van der Waals surface area contributed by atoms with Crippen LogP contribution in [0.4, 0.5) is 5.69 Å². The first-order valence-corrected chi connectivity index (χ1v) is 11.7. The minimum absolute atomic E-state index is 0.0976. The van der Waals surface area contributed by atoms with Gasteiger partial charge in [0.05, 0.1) is 10.6 Å². The molecule has 4 rings (SSSR count). The number of carbonyl (C=O) groups excluding carboxylic acids is 1. The number of rotatable bonds is 7. The van der Waals surface area contributed by atoms with E-state index in [9.17, 15) is 13.2 Å². The third kappa shape index (κ3) is 4.46. The van der Waals surface area contributed by atoms with Crippen LogP contribution in [0.1, 0.15) is 25.3 Å². The van der Waals surface area contributed by atoms with Crippen molar-refractivity contribution < 1.29 is 13.2 Å². The SMILES string of the molecule is CCCC1=NN(C)C2C(=O)NC(Cc3ccc(NS(=O)(=O)c4ccccc4)cc3)=NC12. The molecule has 2 aromatic carbocycles. The molecular formula is C22H25N5O3S. The number of benzene rings is 2. The number of fused-ring (bicyclic) bond motifs is 1. The van der Waals surface area contributed by atoms with E-state index in [1.165, 1.54) is 0 Å². The molecule has 162 valence electrons. The topological polar surface area (TPSA) is 103 Å². The molecule has 9 heteroatoms. The van der Waals surface area contributed by atoms with Crippen molar-refractivity contribution in [1.82, 2.24) is 10.3 Å². The van der Waals surface area contributed by atoms with Crippen molar-refractivity contribution in [2.45, 2.75) is 43.2 Å². The number of hydrogen-bond acceptors (Lipinski definition) is 6. The Balaban J connectivity index is 1.47. The van der Waals surface area contributed by atoms with Crippen molar-refractivity contribution in [2.24, 2.45) is 10.1 Å². The molecule has 0 radical (unpaired) electrons. The first-order valence-electron chi connectivity index (χ1n) is 10.2. The lowest BCUT2D eigenvalue weighted by atomic mass is 9.98. The molecule has 0 aliphatic carbocycles. The maximum Gasteiger partial charge on any atom is 0.261 e. The molecule has 2 unspecified atom stereocenters. The molecule has 2 aliphatic heterocycles. The first kappa shape index (κ1) is 21.0. The van der Waals surface area contributed by atoms with Gasteiger partial charge in [-0.15, -0.1) is 0 Å². The summed E-state index contributed by atoms with van der Waals surface area (Å²) in [4.78, 5) is 17.6. The number of aliphatic imine (C=N–C) groups is 1. The normalized spacial score (nSPS) is 20.6. The summed E-state index contributed by atoms with van der Waals surface area (Å²) in [5.74, 6) is 0.502. The highest BCUT2D eigenvalue weighted by Gasteiger charge is 2.43. The van der Waals surface area contributed by atoms with Gasteiger partial charge in [-0.25, -0.2) is 8.42 Å². The van der Waals surface area contributed by atoms with E-state index in [2.05, 4.69) is 22.1 Å². The highest BCUT2D eigenvalue weighted by atomic mass is 32.2. The number of amides is 1. The van der Waals surface area contributed by atoms with Crippen LogP contribution in [-0.4, -0.2) is 50.0 Å². The molecule has 0 bridgehead atoms. The van der Waals surface area contributed by atoms with Gasteiger partial charge in [0, 0.05) is 19.2 Å². The predicted molar refractivity (Wildman–Crippen MR) is 121 cm³/mol. The monoisotopic (exact) mass is 439 g/mol. The summed E-state index contributed by atoms with van der Waals surface area (Å²) in [6.45, 7) is 2.08. The van der Waals surface area contributed by atoms with Crippen LogP contribution in [0.15, 0.2) is 69.6 Å². The molecular weight excluding hydrogens is 414 g/mol. The lowest BCUT2D eigenvalue weighted by molar-refractivity contribution is -0.124. The molecule has 2 aromatic rings. The van der Waals surface area contributed by atoms with Crippen LogP contribution in [0.3, 0.4) is 0 Å². The van der Waals surface area contributed by atoms with Gasteiger partial charge < -0.3 is 5.32 Å². The second-order valence-corrected chi connectivity index (χ2v) is 9.34. The molecule has 0 spiro atoms. The largest absolute Gasteiger partial charge is 0.312 e. The standard InChI is InChI=1S/C22H25N5O3S/c1-3-7-18-20-21(27(2)25-18)22(28)24-19(23-20)14-15-10-12-16(13-11-15)26-31(29,30)17-8-5-4-6-9-17/h4-6,8-13,20-21,26H,3,7,14H2,1-2H3,(H,23,24,28). The molecule has 0 fully saturated rings. The lowest BCUT2D eigenvalue weighted by Crippen LogP contribution is -2.54. The van der Waals surface area contributed by atoms with Gasteiger partial charge in [0.1, 0.15) is 11.9 Å². The number of hydrogen-bond donors (Lipinski definition) is 2. The maximum atomic E-state index is 12.6. The number of sulfonamides is 1. The van der Waals surface area contributed by atoms with E-state index in [0.717, 1.165) is 24.1 Å². The van der Waals surface area contributed by atoms with E-state index in [0.29, 0.717) is 17.9 Å². The zero-order valence-corrected chi connectivity index (χ0v) is 18.3. The molecule has 1 amide bonds. The van der Waals surface area contributed by atoms with Crippen LogP contribution in [0.25, 0.3) is 0 Å². The zero-order chi connectivity index (χ0) is 22.0. The maximum absolute atomic E-state index is 12.6. The van der Waals surface area contributed by atoms with Gasteiger partial charge in [-0.05, 0) is 36.2 Å². The van der Waals surface area contributed by atoms with E-state index in [4.69, 9.17) is 4.99 Å². The Labute approximate surface area is 182 Å². The molecule has 8 nitrogen and oxygen atoms in total. The average molecular weight is 440 g/mol. The lowest BCUT2D eigenvalue weighted by Gasteiger charge is -2.27. The Morgan fingerprint density at radius 1 is 1.10 bits per heavy atom. The van der Waals surface area contributed by atoms with Gasteiger partial charge in [-0.3, -0.25) is 19.5 Å². The molecule has 0 aromatic heterocycles. The van der Waals surface area contributed by atoms with Crippen molar-refractivity contribution in [3.63, 3.8) is 0 Å². The summed E-state index contributed by atoms with van der Waals surface area (Å²) in [7, 11) is -1.83. The summed E-state index contributed by atoms with van der Waals surface area (Å²) >= 11 is 0. The fourth-order valence-corrected chi connectivity index (χ4v) is 4.91. The van der Waals surface area contributed by atoms with Crippen molar-refractivity contribution in [1.29, 1.82) is 0 Å². The Bertz CT molecular complexity index is 1130. The summed E-state index contributed by atoms with van der Waals surface area (Å²) in [6.07, 6.45) is 2.21. The van der Waals surface area contributed by atoms with Crippen molar-refractivity contribution in [3.05, 3.63) is 60.2 Å². The van der Waals surface area contributed by atoms with Crippen molar-refractivity contribution in [3.8, 4) is 0 Å².